The van der Waals surface area contributed by atoms with Gasteiger partial charge in [0, 0.05) is 10.6 Å². The maximum Gasteiger partial charge on any atom is 0.310 e. The van der Waals surface area contributed by atoms with Crippen molar-refractivity contribution in [1.82, 2.24) is 4.98 Å². The van der Waals surface area contributed by atoms with Gasteiger partial charge in [0.1, 0.15) is 0 Å². The number of esters is 1. The van der Waals surface area contributed by atoms with Gasteiger partial charge in [0.15, 0.2) is 3.92 Å². The Morgan fingerprint density at radius 2 is 1.86 bits per heavy atom. The minimum Gasteiger partial charge on any atom is -0.469 e. The van der Waals surface area contributed by atoms with Crippen LogP contribution in [-0.2, 0) is 16.0 Å². The molecule has 7 heteroatoms. The number of hydrogen-bond donors (Lipinski definition) is 1. The highest BCUT2D eigenvalue weighted by Crippen LogP contribution is 2.39. The van der Waals surface area contributed by atoms with E-state index in [9.17, 15) is 4.79 Å². The molecule has 1 aromatic heterocycles. The number of benzene rings is 2. The van der Waals surface area contributed by atoms with Crippen molar-refractivity contribution in [3.63, 3.8) is 0 Å². The molecular formula is C21H23BrClNO3S. The Bertz CT molecular complexity index is 972. The summed E-state index contributed by atoms with van der Waals surface area (Å²) in [5, 5.41) is 9.20. The molecular weight excluding hydrogens is 462 g/mol. The van der Waals surface area contributed by atoms with E-state index in [0.717, 1.165) is 36.4 Å². The van der Waals surface area contributed by atoms with Crippen molar-refractivity contribution in [3.8, 4) is 11.1 Å². The van der Waals surface area contributed by atoms with Crippen molar-refractivity contribution >= 4 is 55.1 Å². The van der Waals surface area contributed by atoms with E-state index in [-0.39, 0.29) is 12.4 Å². The number of thiazole rings is 1. The van der Waals surface area contributed by atoms with Crippen molar-refractivity contribution in [1.29, 1.82) is 0 Å². The maximum atomic E-state index is 11.8. The zero-order valence-electron chi connectivity index (χ0n) is 16.5. The van der Waals surface area contributed by atoms with Crippen LogP contribution in [0.3, 0.4) is 0 Å². The van der Waals surface area contributed by atoms with Crippen molar-refractivity contribution in [2.24, 2.45) is 0 Å². The van der Waals surface area contributed by atoms with Crippen molar-refractivity contribution < 1.29 is 14.6 Å². The summed E-state index contributed by atoms with van der Waals surface area (Å²) in [5.74, 6) is -0.258. The highest BCUT2D eigenvalue weighted by Gasteiger charge is 2.19. The van der Waals surface area contributed by atoms with E-state index >= 15 is 0 Å². The van der Waals surface area contributed by atoms with Crippen LogP contribution in [0.15, 0.2) is 34.2 Å². The van der Waals surface area contributed by atoms with E-state index in [4.69, 9.17) is 21.4 Å². The van der Waals surface area contributed by atoms with E-state index in [0.29, 0.717) is 5.02 Å². The highest BCUT2D eigenvalue weighted by atomic mass is 79.9. The molecule has 4 nitrogen and oxygen atoms in total. The van der Waals surface area contributed by atoms with E-state index in [1.807, 2.05) is 37.3 Å². The fraction of sp³-hybridized carbons (Fsp3) is 0.333. The predicted molar refractivity (Wildman–Crippen MR) is 120 cm³/mol. The second-order valence-electron chi connectivity index (χ2n) is 7.29. The summed E-state index contributed by atoms with van der Waals surface area (Å²) in [6.45, 7) is 7.22. The standard InChI is InChI=1S/C17H13BrClNO2S.C4H10O/c1-9-7-13-16(23-17(18)20-13)15(12(9)8-14(21)22-2)10-3-5-11(19)6-4-10;1-4(2,3)5/h3-7H,8H2,1-2H3;5H,1-3H3. The summed E-state index contributed by atoms with van der Waals surface area (Å²) in [7, 11) is 1.40. The lowest BCUT2D eigenvalue weighted by Crippen LogP contribution is -2.10. The normalized spacial score (nSPS) is 11.1. The molecule has 0 aliphatic carbocycles. The molecule has 0 unspecified atom stereocenters. The number of halogens is 2. The number of aryl methyl sites for hydroxylation is 1. The van der Waals surface area contributed by atoms with Gasteiger partial charge < -0.3 is 9.84 Å². The van der Waals surface area contributed by atoms with Gasteiger partial charge in [-0.15, -0.1) is 11.3 Å². The van der Waals surface area contributed by atoms with Crippen LogP contribution in [0.5, 0.6) is 0 Å². The van der Waals surface area contributed by atoms with Gasteiger partial charge >= 0.3 is 5.97 Å². The molecule has 0 aliphatic rings. The van der Waals surface area contributed by atoms with Gasteiger partial charge in [0.25, 0.3) is 0 Å². The van der Waals surface area contributed by atoms with E-state index in [2.05, 4.69) is 20.9 Å². The molecule has 3 rings (SSSR count). The molecule has 150 valence electrons. The number of nitrogens with zero attached hydrogens (tertiary/aromatic N) is 1. The number of fused-ring (bicyclic) bond motifs is 1. The van der Waals surface area contributed by atoms with Crippen LogP contribution in [0, 0.1) is 6.92 Å². The van der Waals surface area contributed by atoms with Crippen molar-refractivity contribution in [2.75, 3.05) is 7.11 Å². The number of methoxy groups -OCH3 is 1. The molecule has 28 heavy (non-hydrogen) atoms. The van der Waals surface area contributed by atoms with Gasteiger partial charge in [-0.3, -0.25) is 4.79 Å². The lowest BCUT2D eigenvalue weighted by molar-refractivity contribution is -0.139. The summed E-state index contributed by atoms with van der Waals surface area (Å²) in [5.41, 5.74) is 4.43. The monoisotopic (exact) mass is 483 g/mol. The van der Waals surface area contributed by atoms with Crippen molar-refractivity contribution in [3.05, 3.63) is 50.4 Å². The lowest BCUT2D eigenvalue weighted by atomic mass is 9.93. The third-order valence-electron chi connectivity index (χ3n) is 3.67. The first-order chi connectivity index (χ1) is 13.0. The third kappa shape index (κ3) is 6.27. The van der Waals surface area contributed by atoms with Gasteiger partial charge in [-0.1, -0.05) is 23.7 Å². The Morgan fingerprint density at radius 3 is 2.39 bits per heavy atom. The van der Waals surface area contributed by atoms with Gasteiger partial charge in [-0.2, -0.15) is 0 Å². The molecule has 2 aromatic carbocycles. The van der Waals surface area contributed by atoms with Crippen LogP contribution in [0.1, 0.15) is 31.9 Å². The molecule has 0 atom stereocenters. The molecule has 3 aromatic rings. The van der Waals surface area contributed by atoms with Gasteiger partial charge in [0.2, 0.25) is 0 Å². The number of carbonyl (C=O) groups excluding carboxylic acids is 1. The van der Waals surface area contributed by atoms with Crippen LogP contribution < -0.4 is 0 Å². The van der Waals surface area contributed by atoms with Gasteiger partial charge in [-0.25, -0.2) is 4.98 Å². The number of rotatable bonds is 3. The SMILES string of the molecule is CC(C)(C)O.COC(=O)Cc1c(C)cc2nc(Br)sc2c1-c1ccc(Cl)cc1. The number of carbonyl (C=O) groups is 1. The molecule has 0 saturated heterocycles. The quantitative estimate of drug-likeness (QED) is 0.451. The van der Waals surface area contributed by atoms with Crippen LogP contribution in [0.2, 0.25) is 5.02 Å². The minimum absolute atomic E-state index is 0.228. The van der Waals surface area contributed by atoms with E-state index < -0.39 is 5.60 Å². The lowest BCUT2D eigenvalue weighted by Gasteiger charge is -2.13. The Hall–Kier alpha value is -1.47. The number of aliphatic hydroxyl groups is 1. The summed E-state index contributed by atoms with van der Waals surface area (Å²) >= 11 is 11.0. The predicted octanol–water partition coefficient (Wildman–Crippen LogP) is 6.18. The van der Waals surface area contributed by atoms with E-state index in [1.165, 1.54) is 7.11 Å². The topological polar surface area (TPSA) is 59.4 Å². The van der Waals surface area contributed by atoms with Crippen molar-refractivity contribution in [2.45, 2.75) is 39.7 Å². The average Bonchev–Trinajstić information content (AvgIpc) is 2.94. The molecule has 0 aliphatic heterocycles. The molecule has 0 fully saturated rings. The Balaban J connectivity index is 0.000000500. The molecule has 0 saturated carbocycles. The average molecular weight is 485 g/mol. The summed E-state index contributed by atoms with van der Waals surface area (Å²) < 4.78 is 6.72. The first kappa shape index (κ1) is 22.8. The van der Waals surface area contributed by atoms with Gasteiger partial charge in [-0.05, 0) is 78.5 Å². The molecule has 0 amide bonds. The van der Waals surface area contributed by atoms with Crippen LogP contribution in [-0.4, -0.2) is 28.8 Å². The van der Waals surface area contributed by atoms with Gasteiger partial charge in [0.05, 0.1) is 29.3 Å². The second-order valence-corrected chi connectivity index (χ2v) is 10.0. The molecule has 0 spiro atoms. The number of ether oxygens (including phenoxy) is 1. The highest BCUT2D eigenvalue weighted by molar-refractivity contribution is 9.11. The molecule has 0 radical (unpaired) electrons. The third-order valence-corrected chi connectivity index (χ3v) is 5.46. The summed E-state index contributed by atoms with van der Waals surface area (Å²) in [4.78, 5) is 16.4. The Kier molecular flexibility index (Phi) is 7.62. The first-order valence-corrected chi connectivity index (χ1v) is 10.6. The van der Waals surface area contributed by atoms with Crippen LogP contribution in [0.4, 0.5) is 0 Å². The Morgan fingerprint density at radius 1 is 1.29 bits per heavy atom. The van der Waals surface area contributed by atoms with Crippen LogP contribution >= 0.6 is 38.9 Å². The maximum absolute atomic E-state index is 11.8. The molecule has 1 N–H and O–H groups in total. The fourth-order valence-corrected chi connectivity index (χ4v) is 4.24. The first-order valence-electron chi connectivity index (χ1n) is 8.63. The fourth-order valence-electron chi connectivity index (χ4n) is 2.57. The summed E-state index contributed by atoms with van der Waals surface area (Å²) in [6, 6.07) is 9.64. The number of hydrogen-bond acceptors (Lipinski definition) is 5. The smallest absolute Gasteiger partial charge is 0.310 e. The molecule has 1 heterocycles. The minimum atomic E-state index is -0.500. The van der Waals surface area contributed by atoms with E-state index in [1.54, 1.807) is 32.1 Å². The second kappa shape index (κ2) is 9.35. The largest absolute Gasteiger partial charge is 0.469 e. The van der Waals surface area contributed by atoms with Crippen LogP contribution in [0.25, 0.3) is 21.3 Å². The Labute approximate surface area is 182 Å². The zero-order valence-corrected chi connectivity index (χ0v) is 19.6. The molecule has 0 bridgehead atoms. The summed E-state index contributed by atoms with van der Waals surface area (Å²) in [6.07, 6.45) is 0.228. The number of aromatic nitrogens is 1. The zero-order chi connectivity index (χ0) is 21.1.